The molecule has 0 spiro atoms. The second-order valence-corrected chi connectivity index (χ2v) is 6.99. The minimum absolute atomic E-state index is 0.395. The first-order valence-electron chi connectivity index (χ1n) is 8.26. The highest BCUT2D eigenvalue weighted by molar-refractivity contribution is 6.35. The van der Waals surface area contributed by atoms with Crippen molar-refractivity contribution in [3.63, 3.8) is 0 Å². The molecule has 0 saturated carbocycles. The van der Waals surface area contributed by atoms with Crippen molar-refractivity contribution in [1.82, 2.24) is 14.5 Å². The van der Waals surface area contributed by atoms with E-state index in [0.29, 0.717) is 27.6 Å². The molecule has 3 N–H and O–H groups in total. The number of aromatic nitrogens is 3. The molecule has 3 aromatic rings. The predicted molar refractivity (Wildman–Crippen MR) is 104 cm³/mol. The van der Waals surface area contributed by atoms with E-state index < -0.39 is 17.6 Å². The number of imidazole rings is 1. The highest BCUT2D eigenvalue weighted by Crippen LogP contribution is 2.28. The number of benzene rings is 1. The number of amides is 1. The number of rotatable bonds is 6. The second-order valence-electron chi connectivity index (χ2n) is 6.11. The van der Waals surface area contributed by atoms with Gasteiger partial charge in [0.25, 0.3) is 0 Å². The van der Waals surface area contributed by atoms with Crippen molar-refractivity contribution in [3.8, 4) is 11.1 Å². The van der Waals surface area contributed by atoms with Crippen LogP contribution in [0.5, 0.6) is 0 Å². The van der Waals surface area contributed by atoms with Crippen molar-refractivity contribution < 1.29 is 4.79 Å². The number of nitrogens with zero attached hydrogens (tertiary/aromatic N) is 2. The van der Waals surface area contributed by atoms with Gasteiger partial charge in [0.2, 0.25) is 5.91 Å². The summed E-state index contributed by atoms with van der Waals surface area (Å²) >= 11 is 12.1. The van der Waals surface area contributed by atoms with Crippen LogP contribution in [0.25, 0.3) is 22.3 Å². The first-order valence-corrected chi connectivity index (χ1v) is 9.02. The Morgan fingerprint density at radius 3 is 2.54 bits per heavy atom. The molecule has 0 aliphatic heterocycles. The average Bonchev–Trinajstić information content (AvgIpc) is 2.89. The van der Waals surface area contributed by atoms with Gasteiger partial charge in [-0.3, -0.25) is 9.36 Å². The lowest BCUT2D eigenvalue weighted by molar-refractivity contribution is -0.121. The van der Waals surface area contributed by atoms with E-state index in [-0.39, 0.29) is 0 Å². The maximum atomic E-state index is 12.4. The Morgan fingerprint density at radius 2 is 1.92 bits per heavy atom. The molecule has 0 aliphatic rings. The van der Waals surface area contributed by atoms with Gasteiger partial charge in [0.1, 0.15) is 6.04 Å². The molecule has 26 heavy (non-hydrogen) atoms. The van der Waals surface area contributed by atoms with Gasteiger partial charge in [0.15, 0.2) is 5.65 Å². The molecule has 1 atom stereocenters. The number of fused-ring (bicyclic) bond motifs is 1. The van der Waals surface area contributed by atoms with E-state index in [1.54, 1.807) is 30.5 Å². The summed E-state index contributed by atoms with van der Waals surface area (Å²) in [5.41, 5.74) is 7.55. The monoisotopic (exact) mass is 392 g/mol. The molecule has 1 amide bonds. The van der Waals surface area contributed by atoms with Gasteiger partial charge in [-0.2, -0.15) is 0 Å². The number of pyridine rings is 1. The third kappa shape index (κ3) is 3.61. The molecule has 1 unspecified atom stereocenters. The Morgan fingerprint density at radius 1 is 1.23 bits per heavy atom. The van der Waals surface area contributed by atoms with Crippen molar-refractivity contribution in [1.29, 1.82) is 0 Å². The van der Waals surface area contributed by atoms with Crippen LogP contribution in [-0.2, 0) is 4.79 Å². The van der Waals surface area contributed by atoms with E-state index in [1.807, 2.05) is 6.92 Å². The van der Waals surface area contributed by atoms with Crippen molar-refractivity contribution in [3.05, 3.63) is 51.0 Å². The number of carbonyl (C=O) groups is 1. The zero-order valence-electron chi connectivity index (χ0n) is 14.1. The molecule has 1 aromatic carbocycles. The van der Waals surface area contributed by atoms with Gasteiger partial charge in [-0.05, 0) is 36.2 Å². The van der Waals surface area contributed by atoms with Gasteiger partial charge < -0.3 is 10.7 Å². The molecule has 2 heterocycles. The predicted octanol–water partition coefficient (Wildman–Crippen LogP) is 3.92. The second kappa shape index (κ2) is 7.51. The maximum Gasteiger partial charge on any atom is 0.328 e. The molecule has 0 aliphatic carbocycles. The van der Waals surface area contributed by atoms with E-state index in [0.717, 1.165) is 24.0 Å². The first-order chi connectivity index (χ1) is 12.4. The van der Waals surface area contributed by atoms with Gasteiger partial charge in [0, 0.05) is 21.8 Å². The Kier molecular flexibility index (Phi) is 5.34. The van der Waals surface area contributed by atoms with Gasteiger partial charge in [-0.25, -0.2) is 9.78 Å². The maximum absolute atomic E-state index is 12.4. The summed E-state index contributed by atoms with van der Waals surface area (Å²) in [5.74, 6) is -0.547. The fourth-order valence-electron chi connectivity index (χ4n) is 2.98. The van der Waals surface area contributed by atoms with Gasteiger partial charge >= 0.3 is 5.69 Å². The number of hydrogen-bond acceptors (Lipinski definition) is 3. The molecule has 0 saturated heterocycles. The van der Waals surface area contributed by atoms with Crippen LogP contribution in [0.3, 0.4) is 0 Å². The summed E-state index contributed by atoms with van der Waals surface area (Å²) in [6.07, 6.45) is 3.79. The van der Waals surface area contributed by atoms with Crippen molar-refractivity contribution in [2.45, 2.75) is 32.2 Å². The lowest BCUT2D eigenvalue weighted by Gasteiger charge is -2.14. The highest BCUT2D eigenvalue weighted by Gasteiger charge is 2.22. The fraction of sp³-hybridized carbons (Fsp3) is 0.278. The van der Waals surface area contributed by atoms with Crippen LogP contribution in [0.2, 0.25) is 10.0 Å². The summed E-state index contributed by atoms with van der Waals surface area (Å²) in [7, 11) is 0. The zero-order chi connectivity index (χ0) is 18.8. The van der Waals surface area contributed by atoms with Crippen LogP contribution in [0, 0.1) is 0 Å². The molecular weight excluding hydrogens is 375 g/mol. The number of carbonyl (C=O) groups excluding carboxylic acids is 1. The molecule has 2 aromatic heterocycles. The smallest absolute Gasteiger partial charge is 0.328 e. The van der Waals surface area contributed by atoms with Crippen molar-refractivity contribution in [2.24, 2.45) is 5.73 Å². The van der Waals surface area contributed by atoms with Crippen LogP contribution in [0.15, 0.2) is 35.3 Å². The minimum atomic E-state index is -0.727. The van der Waals surface area contributed by atoms with Crippen LogP contribution >= 0.6 is 23.2 Å². The van der Waals surface area contributed by atoms with E-state index in [2.05, 4.69) is 9.97 Å². The Balaban J connectivity index is 2.10. The average molecular weight is 393 g/mol. The summed E-state index contributed by atoms with van der Waals surface area (Å²) in [4.78, 5) is 31.4. The van der Waals surface area contributed by atoms with Gasteiger partial charge in [0.05, 0.1) is 5.52 Å². The Bertz CT molecular complexity index is 1010. The zero-order valence-corrected chi connectivity index (χ0v) is 15.6. The number of nitrogens with two attached hydrogens (primary N) is 1. The summed E-state index contributed by atoms with van der Waals surface area (Å²) in [6, 6.07) is 6.22. The lowest BCUT2D eigenvalue weighted by atomic mass is 10.1. The third-order valence-corrected chi connectivity index (χ3v) is 4.66. The summed E-state index contributed by atoms with van der Waals surface area (Å²) < 4.78 is 1.34. The lowest BCUT2D eigenvalue weighted by Crippen LogP contribution is -2.32. The van der Waals surface area contributed by atoms with Crippen LogP contribution in [0.1, 0.15) is 32.2 Å². The van der Waals surface area contributed by atoms with Crippen LogP contribution < -0.4 is 11.4 Å². The SMILES string of the molecule is CCCCC(C(N)=O)n1c(=O)[nH]c2cc(-c3cc(Cl)cc(Cl)c3)cnc21. The molecular formula is C18H18Cl2N4O2. The highest BCUT2D eigenvalue weighted by atomic mass is 35.5. The van der Waals surface area contributed by atoms with Gasteiger partial charge in [-0.1, -0.05) is 43.0 Å². The number of hydrogen-bond donors (Lipinski definition) is 2. The van der Waals surface area contributed by atoms with Crippen LogP contribution in [-0.4, -0.2) is 20.4 Å². The number of unbranched alkanes of at least 4 members (excludes halogenated alkanes) is 1. The van der Waals surface area contributed by atoms with E-state index in [4.69, 9.17) is 28.9 Å². The molecule has 0 fully saturated rings. The standard InChI is InChI=1S/C18H18Cl2N4O2/c1-2-3-4-15(16(21)25)24-17-14(23-18(24)26)7-11(9-22-17)10-5-12(19)8-13(20)6-10/h5-9,15H,2-4H2,1H3,(H2,21,25)(H,23,26). The normalized spacial score (nSPS) is 12.4. The quantitative estimate of drug-likeness (QED) is 0.665. The van der Waals surface area contributed by atoms with Crippen molar-refractivity contribution >= 4 is 40.3 Å². The van der Waals surface area contributed by atoms with Gasteiger partial charge in [-0.15, -0.1) is 0 Å². The largest absolute Gasteiger partial charge is 0.368 e. The number of nitrogens with one attached hydrogen (secondary N) is 1. The molecule has 6 nitrogen and oxygen atoms in total. The molecule has 136 valence electrons. The van der Waals surface area contributed by atoms with E-state index in [1.165, 1.54) is 4.57 Å². The minimum Gasteiger partial charge on any atom is -0.368 e. The first kappa shape index (κ1) is 18.5. The number of halogens is 2. The topological polar surface area (TPSA) is 93.8 Å². The van der Waals surface area contributed by atoms with E-state index in [9.17, 15) is 9.59 Å². The molecule has 3 rings (SSSR count). The number of primary amides is 1. The van der Waals surface area contributed by atoms with Crippen molar-refractivity contribution in [2.75, 3.05) is 0 Å². The van der Waals surface area contributed by atoms with E-state index >= 15 is 0 Å². The third-order valence-electron chi connectivity index (χ3n) is 4.22. The van der Waals surface area contributed by atoms with Crippen LogP contribution in [0.4, 0.5) is 0 Å². The Labute approximate surface area is 159 Å². The molecule has 0 radical (unpaired) electrons. The molecule has 8 heteroatoms. The molecule has 0 bridgehead atoms. The Hall–Kier alpha value is -2.31. The number of aromatic amines is 1. The number of H-pyrrole nitrogens is 1. The summed E-state index contributed by atoms with van der Waals surface area (Å²) in [5, 5.41) is 1.01. The summed E-state index contributed by atoms with van der Waals surface area (Å²) in [6.45, 7) is 2.01. The fourth-order valence-corrected chi connectivity index (χ4v) is 3.50.